The molecule has 0 radical (unpaired) electrons. The summed E-state index contributed by atoms with van der Waals surface area (Å²) in [6, 6.07) is 14.3. The van der Waals surface area contributed by atoms with Gasteiger partial charge in [0.25, 0.3) is 0 Å². The Kier molecular flexibility index (Phi) is 7.15. The van der Waals surface area contributed by atoms with Crippen molar-refractivity contribution < 1.29 is 23.8 Å². The molecule has 0 aromatic heterocycles. The van der Waals surface area contributed by atoms with E-state index < -0.39 is 5.60 Å². The summed E-state index contributed by atoms with van der Waals surface area (Å²) in [5.41, 5.74) is 4.44. The van der Waals surface area contributed by atoms with Gasteiger partial charge in [-0.25, -0.2) is 9.59 Å². The monoisotopic (exact) mass is 516 g/mol. The van der Waals surface area contributed by atoms with Crippen molar-refractivity contribution in [2.24, 2.45) is 17.8 Å². The molecule has 4 aliphatic carbocycles. The van der Waals surface area contributed by atoms with Crippen LogP contribution in [0, 0.1) is 17.8 Å². The highest BCUT2D eigenvalue weighted by Gasteiger charge is 2.52. The molecule has 0 spiro atoms. The Bertz CT molecular complexity index is 1180. The van der Waals surface area contributed by atoms with E-state index in [4.69, 9.17) is 14.2 Å². The Morgan fingerprint density at radius 1 is 0.947 bits per heavy atom. The molecule has 38 heavy (non-hydrogen) atoms. The van der Waals surface area contributed by atoms with Gasteiger partial charge in [0, 0.05) is 0 Å². The van der Waals surface area contributed by atoms with Crippen LogP contribution in [0.4, 0.5) is 0 Å². The van der Waals surface area contributed by atoms with Gasteiger partial charge in [-0.15, -0.1) is 0 Å². The van der Waals surface area contributed by atoms with Crippen LogP contribution in [0.1, 0.15) is 77.3 Å². The molecular formula is C33H40O5. The Labute approximate surface area is 226 Å². The molecule has 2 aromatic rings. The average Bonchev–Trinajstić information content (AvgIpc) is 2.85. The molecule has 4 aliphatic rings. The van der Waals surface area contributed by atoms with Gasteiger partial charge in [0.2, 0.25) is 0 Å². The van der Waals surface area contributed by atoms with Crippen molar-refractivity contribution in [3.63, 3.8) is 0 Å². The second-order valence-corrected chi connectivity index (χ2v) is 12.6. The standard InChI is InChI=1S/C33H40O5/c1-6-36-30(34)20-37-27-10-7-25(8-11-27)28-12-9-26(21(2)31(35)38-32(3,4)5)16-29(28)33-17-22-13-23(18-33)15-24(14-22)19-33/h7-12,16,22-24H,2,6,13-15,17-20H2,1,3-5H3. The first kappa shape index (κ1) is 26.5. The molecule has 2 aromatic carbocycles. The summed E-state index contributed by atoms with van der Waals surface area (Å²) in [5.74, 6) is 2.28. The predicted molar refractivity (Wildman–Crippen MR) is 149 cm³/mol. The van der Waals surface area contributed by atoms with Gasteiger partial charge in [-0.1, -0.05) is 30.8 Å². The zero-order valence-electron chi connectivity index (χ0n) is 23.2. The second-order valence-electron chi connectivity index (χ2n) is 12.6. The maximum Gasteiger partial charge on any atom is 0.344 e. The highest BCUT2D eigenvalue weighted by molar-refractivity contribution is 6.15. The third-order valence-corrected chi connectivity index (χ3v) is 8.45. The average molecular weight is 517 g/mol. The fourth-order valence-corrected chi connectivity index (χ4v) is 7.40. The molecule has 0 N–H and O–H groups in total. The molecule has 0 aliphatic heterocycles. The van der Waals surface area contributed by atoms with Crippen LogP contribution in [0.5, 0.6) is 5.75 Å². The molecule has 6 rings (SSSR count). The summed E-state index contributed by atoms with van der Waals surface area (Å²) in [6.45, 7) is 11.8. The molecule has 4 bridgehead atoms. The maximum atomic E-state index is 12.9. The fraction of sp³-hybridized carbons (Fsp3) is 0.515. The summed E-state index contributed by atoms with van der Waals surface area (Å²) in [4.78, 5) is 24.6. The highest BCUT2D eigenvalue weighted by atomic mass is 16.6. The summed E-state index contributed by atoms with van der Waals surface area (Å²) in [6.07, 6.45) is 7.75. The molecule has 5 heteroatoms. The number of hydrogen-bond donors (Lipinski definition) is 0. The molecular weight excluding hydrogens is 476 g/mol. The van der Waals surface area contributed by atoms with Gasteiger partial charge in [-0.05, 0) is 130 Å². The fourth-order valence-electron chi connectivity index (χ4n) is 7.40. The topological polar surface area (TPSA) is 61.8 Å². The van der Waals surface area contributed by atoms with E-state index in [2.05, 4.69) is 30.8 Å². The molecule has 4 fully saturated rings. The van der Waals surface area contributed by atoms with E-state index in [0.29, 0.717) is 17.9 Å². The van der Waals surface area contributed by atoms with Crippen LogP contribution in [0.25, 0.3) is 16.7 Å². The minimum atomic E-state index is -0.570. The molecule has 5 nitrogen and oxygen atoms in total. The van der Waals surface area contributed by atoms with E-state index >= 15 is 0 Å². The van der Waals surface area contributed by atoms with E-state index in [1.165, 1.54) is 49.7 Å². The maximum absolute atomic E-state index is 12.9. The van der Waals surface area contributed by atoms with Crippen molar-refractivity contribution in [1.29, 1.82) is 0 Å². The third-order valence-electron chi connectivity index (χ3n) is 8.45. The lowest BCUT2D eigenvalue weighted by molar-refractivity contribution is -0.147. The molecule has 4 saturated carbocycles. The van der Waals surface area contributed by atoms with E-state index in [1.54, 1.807) is 6.92 Å². The minimum Gasteiger partial charge on any atom is -0.482 e. The van der Waals surface area contributed by atoms with E-state index in [-0.39, 0.29) is 24.0 Å². The number of esters is 2. The van der Waals surface area contributed by atoms with Gasteiger partial charge < -0.3 is 14.2 Å². The van der Waals surface area contributed by atoms with Crippen LogP contribution >= 0.6 is 0 Å². The lowest BCUT2D eigenvalue weighted by atomic mass is 9.47. The Morgan fingerprint density at radius 2 is 1.55 bits per heavy atom. The summed E-state index contributed by atoms with van der Waals surface area (Å²) < 4.78 is 16.2. The normalized spacial score (nSPS) is 25.6. The van der Waals surface area contributed by atoms with Gasteiger partial charge in [0.1, 0.15) is 11.4 Å². The van der Waals surface area contributed by atoms with Crippen molar-refractivity contribution in [2.45, 2.75) is 77.2 Å². The molecule has 202 valence electrons. The lowest BCUT2D eigenvalue weighted by Crippen LogP contribution is -2.48. The predicted octanol–water partition coefficient (Wildman–Crippen LogP) is 7.12. The van der Waals surface area contributed by atoms with E-state index in [0.717, 1.165) is 28.9 Å². The number of ether oxygens (including phenoxy) is 3. The summed E-state index contributed by atoms with van der Waals surface area (Å²) in [5, 5.41) is 0. The zero-order valence-corrected chi connectivity index (χ0v) is 23.2. The Morgan fingerprint density at radius 3 is 2.11 bits per heavy atom. The molecule has 0 amide bonds. The first-order chi connectivity index (χ1) is 18.0. The van der Waals surface area contributed by atoms with Crippen molar-refractivity contribution in [2.75, 3.05) is 13.2 Å². The molecule has 0 heterocycles. The first-order valence-electron chi connectivity index (χ1n) is 14.0. The van der Waals surface area contributed by atoms with Crippen LogP contribution < -0.4 is 4.74 Å². The molecule has 0 saturated heterocycles. The molecule has 0 atom stereocenters. The van der Waals surface area contributed by atoms with E-state index in [1.807, 2.05) is 39.0 Å². The van der Waals surface area contributed by atoms with Crippen molar-refractivity contribution in [3.05, 3.63) is 60.2 Å². The van der Waals surface area contributed by atoms with Crippen molar-refractivity contribution in [3.8, 4) is 16.9 Å². The van der Waals surface area contributed by atoms with Gasteiger partial charge in [-0.2, -0.15) is 0 Å². The minimum absolute atomic E-state index is 0.104. The summed E-state index contributed by atoms with van der Waals surface area (Å²) in [7, 11) is 0. The number of benzene rings is 2. The van der Waals surface area contributed by atoms with Gasteiger partial charge in [0.15, 0.2) is 6.61 Å². The van der Waals surface area contributed by atoms with Gasteiger partial charge in [0.05, 0.1) is 12.2 Å². The lowest BCUT2D eigenvalue weighted by Gasteiger charge is -2.57. The van der Waals surface area contributed by atoms with Crippen molar-refractivity contribution >= 4 is 17.5 Å². The van der Waals surface area contributed by atoms with Crippen molar-refractivity contribution in [1.82, 2.24) is 0 Å². The largest absolute Gasteiger partial charge is 0.482 e. The van der Waals surface area contributed by atoms with Crippen LogP contribution in [0.2, 0.25) is 0 Å². The van der Waals surface area contributed by atoms with Crippen LogP contribution in [0.15, 0.2) is 49.0 Å². The Balaban J connectivity index is 1.48. The quantitative estimate of drug-likeness (QED) is 0.276. The Hall–Kier alpha value is -3.08. The summed E-state index contributed by atoms with van der Waals surface area (Å²) >= 11 is 0. The highest BCUT2D eigenvalue weighted by Crippen LogP contribution is 2.62. The second kappa shape index (κ2) is 10.2. The number of rotatable bonds is 8. The van der Waals surface area contributed by atoms with Gasteiger partial charge >= 0.3 is 11.9 Å². The zero-order chi connectivity index (χ0) is 27.1. The smallest absolute Gasteiger partial charge is 0.344 e. The van der Waals surface area contributed by atoms with Gasteiger partial charge in [-0.3, -0.25) is 0 Å². The number of carbonyl (C=O) groups is 2. The number of hydrogen-bond acceptors (Lipinski definition) is 5. The van der Waals surface area contributed by atoms with Crippen LogP contribution in [0.3, 0.4) is 0 Å². The number of carbonyl (C=O) groups excluding carboxylic acids is 2. The van der Waals surface area contributed by atoms with E-state index in [9.17, 15) is 9.59 Å². The molecule has 0 unspecified atom stereocenters. The van der Waals surface area contributed by atoms with Crippen LogP contribution in [-0.4, -0.2) is 30.8 Å². The third kappa shape index (κ3) is 5.52. The SMILES string of the molecule is C=C(C(=O)OC(C)(C)C)c1ccc(-c2ccc(OCC(=O)OCC)cc2)c(C23CC4CC(CC(C4)C2)C3)c1. The van der Waals surface area contributed by atoms with Crippen LogP contribution in [-0.2, 0) is 24.5 Å². The first-order valence-corrected chi connectivity index (χ1v) is 14.0.